The summed E-state index contributed by atoms with van der Waals surface area (Å²) in [5, 5.41) is 20.3. The molecular weight excluding hydrogens is 391 g/mol. The number of piperidine rings is 1. The smallest absolute Gasteiger partial charge is 0.191 e. The highest BCUT2D eigenvalue weighted by Crippen LogP contribution is 2.24. The Hall–Kier alpha value is -2.32. The van der Waals surface area contributed by atoms with Crippen molar-refractivity contribution < 1.29 is 14.2 Å². The van der Waals surface area contributed by atoms with Gasteiger partial charge in [0.15, 0.2) is 5.96 Å². The van der Waals surface area contributed by atoms with Crippen LogP contribution in [0.1, 0.15) is 19.8 Å². The molecule has 8 heteroatoms. The van der Waals surface area contributed by atoms with Gasteiger partial charge in [0, 0.05) is 25.7 Å². The van der Waals surface area contributed by atoms with E-state index in [0.29, 0.717) is 17.8 Å². The lowest BCUT2D eigenvalue weighted by molar-refractivity contribution is 0.114. The third-order valence-electron chi connectivity index (χ3n) is 4.71. The van der Waals surface area contributed by atoms with E-state index in [4.69, 9.17) is 4.74 Å². The van der Waals surface area contributed by atoms with Crippen molar-refractivity contribution in [1.82, 2.24) is 10.6 Å². The molecule has 2 heterocycles. The van der Waals surface area contributed by atoms with Gasteiger partial charge in [0.2, 0.25) is 0 Å². The Morgan fingerprint density at radius 3 is 2.72 bits per heavy atom. The number of nitrogens with zero attached hydrogens (tertiary/aromatic N) is 2. The zero-order chi connectivity index (χ0) is 20.5. The molecule has 0 radical (unpaired) electrons. The second-order valence-electron chi connectivity index (χ2n) is 7.00. The molecule has 0 spiro atoms. The lowest BCUT2D eigenvalue weighted by Crippen LogP contribution is -2.49. The quantitative estimate of drug-likeness (QED) is 0.453. The fourth-order valence-corrected chi connectivity index (χ4v) is 3.97. The van der Waals surface area contributed by atoms with Crippen LogP contribution in [0.3, 0.4) is 0 Å². The number of thiophene rings is 1. The highest BCUT2D eigenvalue weighted by molar-refractivity contribution is 7.14. The van der Waals surface area contributed by atoms with E-state index < -0.39 is 6.10 Å². The van der Waals surface area contributed by atoms with Gasteiger partial charge in [-0.25, -0.2) is 4.39 Å². The third kappa shape index (κ3) is 6.90. The second-order valence-corrected chi connectivity index (χ2v) is 7.92. The molecule has 6 nitrogen and oxygen atoms in total. The number of aliphatic hydroxyl groups excluding tert-OH is 1. The minimum absolute atomic E-state index is 0.105. The first kappa shape index (κ1) is 21.4. The van der Waals surface area contributed by atoms with Crippen LogP contribution in [0.2, 0.25) is 0 Å². The van der Waals surface area contributed by atoms with Gasteiger partial charge in [0.1, 0.15) is 24.3 Å². The molecule has 1 fully saturated rings. The molecule has 158 valence electrons. The van der Waals surface area contributed by atoms with Crippen molar-refractivity contribution in [3.8, 4) is 5.75 Å². The Kier molecular flexibility index (Phi) is 8.13. The van der Waals surface area contributed by atoms with Gasteiger partial charge in [-0.2, -0.15) is 0 Å². The fourth-order valence-electron chi connectivity index (χ4n) is 3.18. The molecule has 0 aliphatic carbocycles. The molecule has 2 aromatic rings. The monoisotopic (exact) mass is 420 g/mol. The largest absolute Gasteiger partial charge is 0.491 e. The standard InChI is InChI=1S/C21H29FN4O2S/c1-2-23-21(24-14-18(27)15-28-19-7-5-16(22)6-8-19)25-17-9-11-26(12-10-17)20-4-3-13-29-20/h3-8,13,17-18,27H,2,9-12,14-15H2,1H3,(H2,23,24,25). The van der Waals surface area contributed by atoms with Crippen molar-refractivity contribution in [1.29, 1.82) is 0 Å². The van der Waals surface area contributed by atoms with Crippen LogP contribution in [-0.4, -0.2) is 56.0 Å². The molecule has 1 aromatic carbocycles. The first-order valence-corrected chi connectivity index (χ1v) is 10.9. The van der Waals surface area contributed by atoms with Gasteiger partial charge in [-0.05, 0) is 61.5 Å². The van der Waals surface area contributed by atoms with Crippen molar-refractivity contribution in [2.24, 2.45) is 4.99 Å². The van der Waals surface area contributed by atoms with Gasteiger partial charge in [-0.1, -0.05) is 0 Å². The Labute approximate surface area is 175 Å². The van der Waals surface area contributed by atoms with E-state index in [1.165, 1.54) is 17.1 Å². The van der Waals surface area contributed by atoms with Crippen LogP contribution >= 0.6 is 11.3 Å². The summed E-state index contributed by atoms with van der Waals surface area (Å²) >= 11 is 1.78. The molecule has 1 aromatic heterocycles. The maximum atomic E-state index is 12.9. The van der Waals surface area contributed by atoms with E-state index in [-0.39, 0.29) is 19.0 Å². The van der Waals surface area contributed by atoms with Crippen molar-refractivity contribution in [2.45, 2.75) is 31.9 Å². The average Bonchev–Trinajstić information content (AvgIpc) is 3.27. The molecular formula is C21H29FN4O2S. The molecule has 3 N–H and O–H groups in total. The van der Waals surface area contributed by atoms with Gasteiger partial charge in [0.05, 0.1) is 11.5 Å². The summed E-state index contributed by atoms with van der Waals surface area (Å²) in [6, 6.07) is 10.4. The van der Waals surface area contributed by atoms with E-state index in [9.17, 15) is 9.50 Å². The summed E-state index contributed by atoms with van der Waals surface area (Å²) in [6.45, 7) is 5.14. The number of halogens is 1. The fraction of sp³-hybridized carbons (Fsp3) is 0.476. The van der Waals surface area contributed by atoms with E-state index in [2.05, 4.69) is 38.0 Å². The van der Waals surface area contributed by atoms with E-state index >= 15 is 0 Å². The molecule has 3 rings (SSSR count). The van der Waals surface area contributed by atoms with E-state index in [1.54, 1.807) is 23.5 Å². The predicted octanol–water partition coefficient (Wildman–Crippen LogP) is 2.85. The maximum absolute atomic E-state index is 12.9. The van der Waals surface area contributed by atoms with Crippen LogP contribution in [0, 0.1) is 5.82 Å². The van der Waals surface area contributed by atoms with Crippen molar-refractivity contribution in [2.75, 3.05) is 37.7 Å². The van der Waals surface area contributed by atoms with Gasteiger partial charge in [-0.15, -0.1) is 11.3 Å². The topological polar surface area (TPSA) is 69.1 Å². The molecule has 1 aliphatic rings. The summed E-state index contributed by atoms with van der Waals surface area (Å²) in [5.41, 5.74) is 0. The summed E-state index contributed by atoms with van der Waals surface area (Å²) in [6.07, 6.45) is 1.34. The minimum Gasteiger partial charge on any atom is -0.491 e. The average molecular weight is 421 g/mol. The molecule has 29 heavy (non-hydrogen) atoms. The Balaban J connectivity index is 1.43. The van der Waals surface area contributed by atoms with Gasteiger partial charge in [-0.3, -0.25) is 4.99 Å². The number of rotatable bonds is 8. The first-order chi connectivity index (χ1) is 14.1. The van der Waals surface area contributed by atoms with Crippen molar-refractivity contribution >= 4 is 22.3 Å². The molecule has 1 unspecified atom stereocenters. The lowest BCUT2D eigenvalue weighted by atomic mass is 10.1. The highest BCUT2D eigenvalue weighted by atomic mass is 32.1. The minimum atomic E-state index is -0.740. The Morgan fingerprint density at radius 2 is 2.07 bits per heavy atom. The van der Waals surface area contributed by atoms with Crippen molar-refractivity contribution in [3.05, 3.63) is 47.6 Å². The zero-order valence-corrected chi connectivity index (χ0v) is 17.5. The third-order valence-corrected chi connectivity index (χ3v) is 5.64. The van der Waals surface area contributed by atoms with Crippen LogP contribution in [0.4, 0.5) is 9.39 Å². The number of ether oxygens (including phenoxy) is 1. The Bertz CT molecular complexity index is 747. The van der Waals surface area contributed by atoms with Crippen LogP contribution in [0.25, 0.3) is 0 Å². The van der Waals surface area contributed by atoms with Gasteiger partial charge >= 0.3 is 0 Å². The van der Waals surface area contributed by atoms with Crippen LogP contribution in [0.5, 0.6) is 5.75 Å². The molecule has 0 bridgehead atoms. The normalized spacial score (nSPS) is 16.5. The summed E-state index contributed by atoms with van der Waals surface area (Å²) < 4.78 is 18.4. The number of guanidine groups is 1. The summed E-state index contributed by atoms with van der Waals surface area (Å²) in [7, 11) is 0. The van der Waals surface area contributed by atoms with Gasteiger partial charge < -0.3 is 25.4 Å². The van der Waals surface area contributed by atoms with Crippen LogP contribution in [0.15, 0.2) is 46.8 Å². The molecule has 0 amide bonds. The van der Waals surface area contributed by atoms with E-state index in [0.717, 1.165) is 32.5 Å². The summed E-state index contributed by atoms with van der Waals surface area (Å²) in [5.74, 6) is 0.921. The summed E-state index contributed by atoms with van der Waals surface area (Å²) in [4.78, 5) is 6.92. The van der Waals surface area contributed by atoms with Crippen LogP contribution < -0.4 is 20.3 Å². The number of hydrogen-bond donors (Lipinski definition) is 3. The number of benzene rings is 1. The maximum Gasteiger partial charge on any atom is 0.191 e. The molecule has 0 saturated carbocycles. The Morgan fingerprint density at radius 1 is 1.31 bits per heavy atom. The number of aliphatic hydroxyl groups is 1. The molecule has 1 aliphatic heterocycles. The lowest BCUT2D eigenvalue weighted by Gasteiger charge is -2.33. The molecule has 1 saturated heterocycles. The SMILES string of the molecule is CCNC(=NCC(O)COc1ccc(F)cc1)NC1CCN(c2cccs2)CC1. The highest BCUT2D eigenvalue weighted by Gasteiger charge is 2.20. The zero-order valence-electron chi connectivity index (χ0n) is 16.7. The predicted molar refractivity (Wildman–Crippen MR) is 117 cm³/mol. The van der Waals surface area contributed by atoms with Crippen LogP contribution in [-0.2, 0) is 0 Å². The molecule has 1 atom stereocenters. The van der Waals surface area contributed by atoms with Gasteiger partial charge in [0.25, 0.3) is 0 Å². The second kappa shape index (κ2) is 11.0. The number of aliphatic imine (C=N–C) groups is 1. The van der Waals surface area contributed by atoms with E-state index in [1.807, 2.05) is 6.92 Å². The number of hydrogen-bond acceptors (Lipinski definition) is 5. The number of nitrogens with one attached hydrogen (secondary N) is 2. The van der Waals surface area contributed by atoms with Crippen molar-refractivity contribution in [3.63, 3.8) is 0 Å². The number of anilines is 1. The first-order valence-electron chi connectivity index (χ1n) is 10.0.